The average Bonchev–Trinajstić information content (AvgIpc) is 2.19. The standard InChI is InChI=1S/C11H19N3/c1-10(7-12)8-14(13)9-11-5-3-2-4-6-11/h2-6,10H,7-9,12-13H2,1H3. The van der Waals surface area contributed by atoms with Crippen molar-refractivity contribution in [1.29, 1.82) is 0 Å². The van der Waals surface area contributed by atoms with Gasteiger partial charge in [0, 0.05) is 13.1 Å². The van der Waals surface area contributed by atoms with Crippen LogP contribution in [0.15, 0.2) is 30.3 Å². The molecule has 0 fully saturated rings. The highest BCUT2D eigenvalue weighted by atomic mass is 15.4. The molecule has 0 aliphatic carbocycles. The van der Waals surface area contributed by atoms with E-state index in [-0.39, 0.29) is 0 Å². The highest BCUT2D eigenvalue weighted by Crippen LogP contribution is 2.02. The van der Waals surface area contributed by atoms with Crippen LogP contribution in [0.1, 0.15) is 12.5 Å². The lowest BCUT2D eigenvalue weighted by molar-refractivity contribution is 0.238. The first-order chi connectivity index (χ1) is 6.72. The van der Waals surface area contributed by atoms with Crippen molar-refractivity contribution in [3.63, 3.8) is 0 Å². The molecule has 0 bridgehead atoms. The Morgan fingerprint density at radius 2 is 1.93 bits per heavy atom. The lowest BCUT2D eigenvalue weighted by Gasteiger charge is -2.19. The summed E-state index contributed by atoms with van der Waals surface area (Å²) in [6, 6.07) is 10.2. The monoisotopic (exact) mass is 193 g/mol. The van der Waals surface area contributed by atoms with E-state index in [1.807, 2.05) is 23.2 Å². The molecule has 1 aromatic carbocycles. The van der Waals surface area contributed by atoms with Gasteiger partial charge in [-0.2, -0.15) is 0 Å². The molecular weight excluding hydrogens is 174 g/mol. The van der Waals surface area contributed by atoms with Crippen molar-refractivity contribution in [1.82, 2.24) is 5.01 Å². The Hall–Kier alpha value is -0.900. The summed E-state index contributed by atoms with van der Waals surface area (Å²) in [5, 5.41) is 1.81. The Kier molecular flexibility index (Phi) is 4.59. The predicted octanol–water partition coefficient (Wildman–Crippen LogP) is 0.957. The molecule has 14 heavy (non-hydrogen) atoms. The Balaban J connectivity index is 2.37. The maximum absolute atomic E-state index is 5.86. The molecule has 0 saturated heterocycles. The van der Waals surface area contributed by atoms with E-state index in [0.29, 0.717) is 12.5 Å². The number of hydrogen-bond acceptors (Lipinski definition) is 3. The fraction of sp³-hybridized carbons (Fsp3) is 0.455. The third-order valence-electron chi connectivity index (χ3n) is 2.18. The summed E-state index contributed by atoms with van der Waals surface area (Å²) >= 11 is 0. The minimum atomic E-state index is 0.448. The van der Waals surface area contributed by atoms with E-state index in [1.165, 1.54) is 5.56 Å². The van der Waals surface area contributed by atoms with E-state index in [9.17, 15) is 0 Å². The van der Waals surface area contributed by atoms with Crippen molar-refractivity contribution in [3.8, 4) is 0 Å². The molecular formula is C11H19N3. The van der Waals surface area contributed by atoms with Crippen LogP contribution in [0, 0.1) is 5.92 Å². The number of rotatable bonds is 5. The summed E-state index contributed by atoms with van der Waals surface area (Å²) in [5.41, 5.74) is 6.77. The maximum atomic E-state index is 5.86. The van der Waals surface area contributed by atoms with Gasteiger partial charge in [-0.1, -0.05) is 37.3 Å². The van der Waals surface area contributed by atoms with E-state index in [2.05, 4.69) is 19.1 Å². The van der Waals surface area contributed by atoms with Crippen molar-refractivity contribution < 1.29 is 0 Å². The molecule has 78 valence electrons. The molecule has 0 aliphatic heterocycles. The quantitative estimate of drug-likeness (QED) is 0.541. The predicted molar refractivity (Wildman–Crippen MR) is 59.3 cm³/mol. The Morgan fingerprint density at radius 3 is 2.50 bits per heavy atom. The molecule has 1 unspecified atom stereocenters. The summed E-state index contributed by atoms with van der Waals surface area (Å²) in [5.74, 6) is 6.31. The zero-order chi connectivity index (χ0) is 10.4. The van der Waals surface area contributed by atoms with Crippen molar-refractivity contribution >= 4 is 0 Å². The van der Waals surface area contributed by atoms with Crippen molar-refractivity contribution in [2.75, 3.05) is 13.1 Å². The number of hydrazine groups is 1. The molecule has 0 aromatic heterocycles. The van der Waals surface area contributed by atoms with E-state index in [0.717, 1.165) is 13.1 Å². The van der Waals surface area contributed by atoms with Gasteiger partial charge in [-0.15, -0.1) is 0 Å². The molecule has 0 aliphatic rings. The van der Waals surface area contributed by atoms with Crippen LogP contribution in [-0.4, -0.2) is 18.1 Å². The largest absolute Gasteiger partial charge is 0.330 e. The summed E-state index contributed by atoms with van der Waals surface area (Å²) in [6.45, 7) is 4.41. The first-order valence-corrected chi connectivity index (χ1v) is 4.96. The highest BCUT2D eigenvalue weighted by Gasteiger charge is 2.05. The summed E-state index contributed by atoms with van der Waals surface area (Å²) < 4.78 is 0. The van der Waals surface area contributed by atoms with Crippen LogP contribution in [0.5, 0.6) is 0 Å². The molecule has 3 heteroatoms. The Labute approximate surface area is 85.7 Å². The van der Waals surface area contributed by atoms with Crippen molar-refractivity contribution in [2.24, 2.45) is 17.5 Å². The fourth-order valence-electron chi connectivity index (χ4n) is 1.36. The lowest BCUT2D eigenvalue weighted by atomic mass is 10.1. The number of nitrogens with zero attached hydrogens (tertiary/aromatic N) is 1. The van der Waals surface area contributed by atoms with E-state index in [4.69, 9.17) is 11.6 Å². The van der Waals surface area contributed by atoms with Gasteiger partial charge in [0.1, 0.15) is 0 Å². The Morgan fingerprint density at radius 1 is 1.29 bits per heavy atom. The second-order valence-corrected chi connectivity index (χ2v) is 3.76. The topological polar surface area (TPSA) is 55.3 Å². The van der Waals surface area contributed by atoms with Crippen LogP contribution in [0.25, 0.3) is 0 Å². The van der Waals surface area contributed by atoms with Crippen LogP contribution in [0.2, 0.25) is 0 Å². The molecule has 4 N–H and O–H groups in total. The average molecular weight is 193 g/mol. The summed E-state index contributed by atoms with van der Waals surface area (Å²) in [7, 11) is 0. The SMILES string of the molecule is CC(CN)CN(N)Cc1ccccc1. The van der Waals surface area contributed by atoms with Gasteiger partial charge in [-0.05, 0) is 18.0 Å². The number of benzene rings is 1. The smallest absolute Gasteiger partial charge is 0.0379 e. The van der Waals surface area contributed by atoms with Crippen molar-refractivity contribution in [2.45, 2.75) is 13.5 Å². The fourth-order valence-corrected chi connectivity index (χ4v) is 1.36. The van der Waals surface area contributed by atoms with Crippen LogP contribution < -0.4 is 11.6 Å². The van der Waals surface area contributed by atoms with Gasteiger partial charge >= 0.3 is 0 Å². The van der Waals surface area contributed by atoms with Gasteiger partial charge in [0.25, 0.3) is 0 Å². The first kappa shape index (κ1) is 11.2. The van der Waals surface area contributed by atoms with Gasteiger partial charge in [0.15, 0.2) is 0 Å². The summed E-state index contributed by atoms with van der Waals surface area (Å²) in [4.78, 5) is 0. The third kappa shape index (κ3) is 3.87. The lowest BCUT2D eigenvalue weighted by Crippen LogP contribution is -2.36. The van der Waals surface area contributed by atoms with Crippen LogP contribution in [0.3, 0.4) is 0 Å². The molecule has 0 spiro atoms. The van der Waals surface area contributed by atoms with Gasteiger partial charge in [0.05, 0.1) is 0 Å². The van der Waals surface area contributed by atoms with Crippen LogP contribution in [-0.2, 0) is 6.54 Å². The molecule has 1 atom stereocenters. The maximum Gasteiger partial charge on any atom is 0.0379 e. The molecule has 1 aromatic rings. The van der Waals surface area contributed by atoms with Gasteiger partial charge < -0.3 is 5.73 Å². The van der Waals surface area contributed by atoms with Gasteiger partial charge in [-0.25, -0.2) is 5.01 Å². The molecule has 0 amide bonds. The van der Waals surface area contributed by atoms with E-state index >= 15 is 0 Å². The second kappa shape index (κ2) is 5.75. The zero-order valence-electron chi connectivity index (χ0n) is 8.69. The summed E-state index contributed by atoms with van der Waals surface area (Å²) in [6.07, 6.45) is 0. The molecule has 0 heterocycles. The normalized spacial score (nSPS) is 13.1. The van der Waals surface area contributed by atoms with E-state index < -0.39 is 0 Å². The van der Waals surface area contributed by atoms with Crippen LogP contribution >= 0.6 is 0 Å². The highest BCUT2D eigenvalue weighted by molar-refractivity contribution is 5.14. The van der Waals surface area contributed by atoms with E-state index in [1.54, 1.807) is 0 Å². The second-order valence-electron chi connectivity index (χ2n) is 3.76. The third-order valence-corrected chi connectivity index (χ3v) is 2.18. The number of hydrogen-bond donors (Lipinski definition) is 2. The first-order valence-electron chi connectivity index (χ1n) is 4.96. The molecule has 3 nitrogen and oxygen atoms in total. The Bertz CT molecular complexity index is 248. The zero-order valence-corrected chi connectivity index (χ0v) is 8.69. The van der Waals surface area contributed by atoms with Gasteiger partial charge in [-0.3, -0.25) is 5.84 Å². The minimum absolute atomic E-state index is 0.448. The molecule has 0 saturated carbocycles. The minimum Gasteiger partial charge on any atom is -0.330 e. The van der Waals surface area contributed by atoms with Crippen LogP contribution in [0.4, 0.5) is 0 Å². The van der Waals surface area contributed by atoms with Crippen molar-refractivity contribution in [3.05, 3.63) is 35.9 Å². The number of nitrogens with two attached hydrogens (primary N) is 2. The molecule has 0 radical (unpaired) electrons. The van der Waals surface area contributed by atoms with Gasteiger partial charge in [0.2, 0.25) is 0 Å². The molecule has 1 rings (SSSR count).